The van der Waals surface area contributed by atoms with E-state index in [1.807, 2.05) is 0 Å². The number of hydrogen-bond donors (Lipinski definition) is 3. The number of aliphatic hydroxyl groups is 1. The summed E-state index contributed by atoms with van der Waals surface area (Å²) in [6.45, 7) is 1.64. The Bertz CT molecular complexity index is 218. The molecular weight excluding hydrogens is 220 g/mol. The molecule has 1 rings (SSSR count). The molecule has 0 aliphatic heterocycles. The lowest BCUT2D eigenvalue weighted by molar-refractivity contribution is -0.122. The molecule has 0 aromatic carbocycles. The Morgan fingerprint density at radius 3 is 2.82 bits per heavy atom. The molecule has 1 unspecified atom stereocenters. The fourth-order valence-electron chi connectivity index (χ4n) is 2.30. The van der Waals surface area contributed by atoms with Crippen LogP contribution in [-0.4, -0.2) is 43.4 Å². The molecule has 5 nitrogen and oxygen atoms in total. The van der Waals surface area contributed by atoms with E-state index in [9.17, 15) is 9.90 Å². The van der Waals surface area contributed by atoms with Crippen LogP contribution in [0.15, 0.2) is 0 Å². The van der Waals surface area contributed by atoms with Gasteiger partial charge in [-0.05, 0) is 12.3 Å². The minimum Gasteiger partial charge on any atom is -0.392 e. The Hall–Kier alpha value is -0.650. The number of nitrogens with one attached hydrogen (secondary N) is 1. The summed E-state index contributed by atoms with van der Waals surface area (Å²) in [6, 6.07) is 0. The summed E-state index contributed by atoms with van der Waals surface area (Å²) in [5, 5.41) is 12.9. The second-order valence-electron chi connectivity index (χ2n) is 4.76. The van der Waals surface area contributed by atoms with Gasteiger partial charge in [-0.2, -0.15) is 0 Å². The van der Waals surface area contributed by atoms with E-state index in [1.165, 1.54) is 25.7 Å². The molecule has 1 amide bonds. The molecule has 0 aromatic rings. The van der Waals surface area contributed by atoms with Crippen LogP contribution < -0.4 is 11.1 Å². The van der Waals surface area contributed by atoms with Crippen molar-refractivity contribution in [2.45, 2.75) is 38.2 Å². The Morgan fingerprint density at radius 1 is 1.47 bits per heavy atom. The Kier molecular flexibility index (Phi) is 7.16. The first kappa shape index (κ1) is 14.4. The fourth-order valence-corrected chi connectivity index (χ4v) is 2.30. The average molecular weight is 244 g/mol. The van der Waals surface area contributed by atoms with E-state index in [1.54, 1.807) is 0 Å². The monoisotopic (exact) mass is 244 g/mol. The van der Waals surface area contributed by atoms with Crippen molar-refractivity contribution in [3.05, 3.63) is 0 Å². The molecule has 1 saturated carbocycles. The van der Waals surface area contributed by atoms with E-state index in [0.717, 1.165) is 6.42 Å². The van der Waals surface area contributed by atoms with Gasteiger partial charge in [0.25, 0.3) is 0 Å². The first-order valence-electron chi connectivity index (χ1n) is 6.43. The zero-order chi connectivity index (χ0) is 12.5. The van der Waals surface area contributed by atoms with Gasteiger partial charge in [-0.3, -0.25) is 4.79 Å². The summed E-state index contributed by atoms with van der Waals surface area (Å²) < 4.78 is 4.99. The van der Waals surface area contributed by atoms with Gasteiger partial charge in [0.1, 0.15) is 6.61 Å². The molecule has 4 N–H and O–H groups in total. The van der Waals surface area contributed by atoms with E-state index in [2.05, 4.69) is 5.32 Å². The van der Waals surface area contributed by atoms with Crippen LogP contribution in [0.2, 0.25) is 0 Å². The number of carbonyl (C=O) groups is 1. The van der Waals surface area contributed by atoms with Gasteiger partial charge < -0.3 is 20.9 Å². The normalized spacial score (nSPS) is 18.4. The largest absolute Gasteiger partial charge is 0.392 e. The van der Waals surface area contributed by atoms with Crippen molar-refractivity contribution in [3.63, 3.8) is 0 Å². The maximum absolute atomic E-state index is 10.4. The van der Waals surface area contributed by atoms with Crippen LogP contribution in [0.5, 0.6) is 0 Å². The minimum absolute atomic E-state index is 0.0354. The number of primary amides is 1. The lowest BCUT2D eigenvalue weighted by Crippen LogP contribution is -2.31. The van der Waals surface area contributed by atoms with Crippen LogP contribution in [0.25, 0.3) is 0 Å². The molecule has 1 fully saturated rings. The second kappa shape index (κ2) is 8.44. The summed E-state index contributed by atoms with van der Waals surface area (Å²) >= 11 is 0. The molecule has 100 valence electrons. The predicted molar refractivity (Wildman–Crippen MR) is 65.5 cm³/mol. The smallest absolute Gasteiger partial charge is 0.243 e. The third kappa shape index (κ3) is 7.31. The van der Waals surface area contributed by atoms with E-state index in [-0.39, 0.29) is 12.7 Å². The Morgan fingerprint density at radius 2 is 2.18 bits per heavy atom. The Balaban J connectivity index is 1.89. The van der Waals surface area contributed by atoms with Crippen LogP contribution >= 0.6 is 0 Å². The molecular formula is C12H24N2O3. The van der Waals surface area contributed by atoms with Gasteiger partial charge in [0.15, 0.2) is 0 Å². The van der Waals surface area contributed by atoms with E-state index >= 15 is 0 Å². The van der Waals surface area contributed by atoms with Crippen molar-refractivity contribution < 1.29 is 14.6 Å². The minimum atomic E-state index is -0.453. The standard InChI is InChI=1S/C12H24N2O3/c13-12(16)9-17-6-5-14-8-11(15)7-10-3-1-2-4-10/h10-11,14-15H,1-9H2,(H2,13,16). The van der Waals surface area contributed by atoms with Gasteiger partial charge >= 0.3 is 0 Å². The highest BCUT2D eigenvalue weighted by Gasteiger charge is 2.18. The third-order valence-electron chi connectivity index (χ3n) is 3.13. The van der Waals surface area contributed by atoms with Gasteiger partial charge in [-0.15, -0.1) is 0 Å². The third-order valence-corrected chi connectivity index (χ3v) is 3.13. The topological polar surface area (TPSA) is 84.6 Å². The van der Waals surface area contributed by atoms with E-state index in [0.29, 0.717) is 25.6 Å². The van der Waals surface area contributed by atoms with Gasteiger partial charge in [-0.1, -0.05) is 25.7 Å². The van der Waals surface area contributed by atoms with Crippen molar-refractivity contribution >= 4 is 5.91 Å². The number of amides is 1. The number of rotatable bonds is 9. The predicted octanol–water partition coefficient (Wildman–Crippen LogP) is 0.0191. The SMILES string of the molecule is NC(=O)COCCNCC(O)CC1CCCC1. The maximum atomic E-state index is 10.4. The maximum Gasteiger partial charge on any atom is 0.243 e. The van der Waals surface area contributed by atoms with Gasteiger partial charge in [0.05, 0.1) is 12.7 Å². The van der Waals surface area contributed by atoms with Crippen molar-refractivity contribution in [3.8, 4) is 0 Å². The molecule has 1 aliphatic carbocycles. The lowest BCUT2D eigenvalue weighted by Gasteiger charge is -2.15. The van der Waals surface area contributed by atoms with Crippen LogP contribution in [0.3, 0.4) is 0 Å². The summed E-state index contributed by atoms with van der Waals surface area (Å²) in [7, 11) is 0. The highest BCUT2D eigenvalue weighted by atomic mass is 16.5. The van der Waals surface area contributed by atoms with Gasteiger partial charge in [0, 0.05) is 13.1 Å². The summed E-state index contributed by atoms with van der Waals surface area (Å²) in [5.41, 5.74) is 4.92. The number of hydrogen-bond acceptors (Lipinski definition) is 4. The van der Waals surface area contributed by atoms with Crippen molar-refractivity contribution in [1.29, 1.82) is 0 Å². The molecule has 0 spiro atoms. The fraction of sp³-hybridized carbons (Fsp3) is 0.917. The zero-order valence-corrected chi connectivity index (χ0v) is 10.4. The summed E-state index contributed by atoms with van der Waals surface area (Å²) in [4.78, 5) is 10.4. The summed E-state index contributed by atoms with van der Waals surface area (Å²) in [6.07, 6.45) is 5.78. The van der Waals surface area contributed by atoms with E-state index in [4.69, 9.17) is 10.5 Å². The number of aliphatic hydroxyl groups excluding tert-OH is 1. The molecule has 0 radical (unpaired) electrons. The molecule has 0 bridgehead atoms. The highest BCUT2D eigenvalue weighted by Crippen LogP contribution is 2.28. The zero-order valence-electron chi connectivity index (χ0n) is 10.4. The number of carbonyl (C=O) groups excluding carboxylic acids is 1. The first-order chi connectivity index (χ1) is 8.18. The first-order valence-corrected chi connectivity index (χ1v) is 6.43. The second-order valence-corrected chi connectivity index (χ2v) is 4.76. The van der Waals surface area contributed by atoms with Gasteiger partial charge in [-0.25, -0.2) is 0 Å². The van der Waals surface area contributed by atoms with E-state index < -0.39 is 5.91 Å². The molecule has 17 heavy (non-hydrogen) atoms. The number of ether oxygens (including phenoxy) is 1. The van der Waals surface area contributed by atoms with Crippen LogP contribution in [0.4, 0.5) is 0 Å². The van der Waals surface area contributed by atoms with Gasteiger partial charge in [0.2, 0.25) is 5.91 Å². The highest BCUT2D eigenvalue weighted by molar-refractivity contribution is 5.74. The molecule has 1 aliphatic rings. The molecule has 0 saturated heterocycles. The van der Waals surface area contributed by atoms with Crippen LogP contribution in [-0.2, 0) is 9.53 Å². The van der Waals surface area contributed by atoms with Crippen molar-refractivity contribution in [2.24, 2.45) is 11.7 Å². The van der Waals surface area contributed by atoms with Crippen molar-refractivity contribution in [2.75, 3.05) is 26.3 Å². The van der Waals surface area contributed by atoms with Crippen molar-refractivity contribution in [1.82, 2.24) is 5.32 Å². The number of nitrogens with two attached hydrogens (primary N) is 1. The van der Waals surface area contributed by atoms with Crippen LogP contribution in [0, 0.1) is 5.92 Å². The quantitative estimate of drug-likeness (QED) is 0.499. The lowest BCUT2D eigenvalue weighted by atomic mass is 10.0. The molecule has 1 atom stereocenters. The molecule has 5 heteroatoms. The Labute approximate surface area is 103 Å². The molecule has 0 heterocycles. The molecule has 0 aromatic heterocycles. The summed E-state index contributed by atoms with van der Waals surface area (Å²) in [5.74, 6) is 0.254. The average Bonchev–Trinajstić information content (AvgIpc) is 2.75. The van der Waals surface area contributed by atoms with Crippen LogP contribution in [0.1, 0.15) is 32.1 Å².